The topological polar surface area (TPSA) is 26.3 Å². The number of hydrogen-bond acceptors (Lipinski definition) is 2. The third-order valence-electron chi connectivity index (χ3n) is 2.69. The van der Waals surface area contributed by atoms with Gasteiger partial charge in [-0.05, 0) is 0 Å². The van der Waals surface area contributed by atoms with Crippen molar-refractivity contribution in [2.45, 2.75) is 18.3 Å². The Kier molecular flexibility index (Phi) is 5.66. The van der Waals surface area contributed by atoms with Crippen molar-refractivity contribution in [1.82, 2.24) is 0 Å². The van der Waals surface area contributed by atoms with Crippen LogP contribution in [0.3, 0.4) is 0 Å². The fourth-order valence-corrected chi connectivity index (χ4v) is 3.89. The van der Waals surface area contributed by atoms with Gasteiger partial charge < -0.3 is 0 Å². The predicted octanol–water partition coefficient (Wildman–Crippen LogP) is 3.39. The van der Waals surface area contributed by atoms with E-state index in [2.05, 4.69) is 12.1 Å². The third-order valence-corrected chi connectivity index (χ3v) is 5.20. The number of hydrogen-bond donors (Lipinski definition) is 0. The molecule has 2 rings (SSSR count). The van der Waals surface area contributed by atoms with E-state index < -0.39 is 0 Å². The molecule has 0 saturated carbocycles. The maximum atomic E-state index is 11.3. The monoisotopic (exact) mass is 354 g/mol. The Hall–Kier alpha value is -1.28. The van der Waals surface area contributed by atoms with Gasteiger partial charge in [0.1, 0.15) is 0 Å². The molecule has 0 aromatic heterocycles. The molecule has 0 saturated heterocycles. The maximum absolute atomic E-state index is 11.3. The Morgan fingerprint density at radius 1 is 1.15 bits per heavy atom. The fourth-order valence-electron chi connectivity index (χ4n) is 1.76. The molecule has 20 heavy (non-hydrogen) atoms. The number of ether oxygens (including phenoxy) is 1. The summed E-state index contributed by atoms with van der Waals surface area (Å²) in [6, 6.07) is 17.7. The van der Waals surface area contributed by atoms with Gasteiger partial charge in [0.25, 0.3) is 0 Å². The van der Waals surface area contributed by atoms with Crippen molar-refractivity contribution in [2.24, 2.45) is 0 Å². The van der Waals surface area contributed by atoms with Gasteiger partial charge in [-0.3, -0.25) is 0 Å². The van der Waals surface area contributed by atoms with Crippen molar-refractivity contribution in [3.05, 3.63) is 65.2 Å². The van der Waals surface area contributed by atoms with Crippen LogP contribution in [-0.4, -0.2) is 20.9 Å². The number of carbonyl (C=O) groups excluding carboxylic acids is 1. The van der Waals surface area contributed by atoms with Gasteiger partial charge in [0.05, 0.1) is 0 Å². The molecule has 0 radical (unpaired) electrons. The third kappa shape index (κ3) is 4.68. The van der Waals surface area contributed by atoms with Crippen LogP contribution in [0.5, 0.6) is 0 Å². The SMILES string of the molecule is CC(=O)OC(C[Se]c1ccccc1)c1ccc(Cl)cc1. The number of esters is 1. The zero-order valence-electron chi connectivity index (χ0n) is 11.1. The number of rotatable bonds is 5. The molecular weight excluding hydrogens is 339 g/mol. The van der Waals surface area contributed by atoms with Gasteiger partial charge in [-0.2, -0.15) is 0 Å². The zero-order valence-corrected chi connectivity index (χ0v) is 13.6. The second-order valence-corrected chi connectivity index (χ2v) is 7.00. The van der Waals surface area contributed by atoms with Crippen LogP contribution in [0.1, 0.15) is 18.6 Å². The number of carbonyl (C=O) groups is 1. The van der Waals surface area contributed by atoms with Crippen LogP contribution >= 0.6 is 11.6 Å². The molecular formula is C16H15ClO2Se. The fraction of sp³-hybridized carbons (Fsp3) is 0.188. The van der Waals surface area contributed by atoms with Crippen LogP contribution in [0.25, 0.3) is 0 Å². The molecule has 0 amide bonds. The molecule has 2 aromatic rings. The summed E-state index contributed by atoms with van der Waals surface area (Å²) in [5.41, 5.74) is 0.988. The van der Waals surface area contributed by atoms with E-state index >= 15 is 0 Å². The minimum absolute atomic E-state index is 0.204. The van der Waals surface area contributed by atoms with Gasteiger partial charge in [-0.15, -0.1) is 0 Å². The Balaban J connectivity index is 2.07. The van der Waals surface area contributed by atoms with E-state index in [0.29, 0.717) is 5.02 Å². The zero-order chi connectivity index (χ0) is 14.4. The molecule has 0 aliphatic heterocycles. The summed E-state index contributed by atoms with van der Waals surface area (Å²) in [6.07, 6.45) is -0.204. The average molecular weight is 354 g/mol. The first-order valence-corrected chi connectivity index (χ1v) is 8.70. The molecule has 104 valence electrons. The standard InChI is InChI=1S/C16H15ClO2Se/c1-12(18)19-16(13-7-9-14(17)10-8-13)11-20-15-5-3-2-4-6-15/h2-10,16H,11H2,1H3. The summed E-state index contributed by atoms with van der Waals surface area (Å²) in [5.74, 6) is -0.256. The second kappa shape index (κ2) is 7.49. The summed E-state index contributed by atoms with van der Waals surface area (Å²) in [5, 5.41) is 1.50. The molecule has 2 aromatic carbocycles. The summed E-state index contributed by atoms with van der Waals surface area (Å²) in [7, 11) is 0. The summed E-state index contributed by atoms with van der Waals surface area (Å²) >= 11 is 6.16. The van der Waals surface area contributed by atoms with Gasteiger partial charge in [-0.1, -0.05) is 0 Å². The number of halogens is 1. The Morgan fingerprint density at radius 3 is 2.40 bits per heavy atom. The predicted molar refractivity (Wildman–Crippen MR) is 82.6 cm³/mol. The molecule has 0 aliphatic rings. The molecule has 1 atom stereocenters. The van der Waals surface area contributed by atoms with Crippen LogP contribution < -0.4 is 4.46 Å². The van der Waals surface area contributed by atoms with Gasteiger partial charge in [0.15, 0.2) is 0 Å². The minimum atomic E-state index is -0.256. The van der Waals surface area contributed by atoms with Crippen LogP contribution in [-0.2, 0) is 9.53 Å². The number of benzene rings is 2. The van der Waals surface area contributed by atoms with Crippen molar-refractivity contribution in [2.75, 3.05) is 0 Å². The molecule has 0 spiro atoms. The van der Waals surface area contributed by atoms with Crippen LogP contribution in [0.2, 0.25) is 10.3 Å². The first-order valence-electron chi connectivity index (χ1n) is 6.25. The van der Waals surface area contributed by atoms with E-state index in [4.69, 9.17) is 16.3 Å². The average Bonchev–Trinajstić information content (AvgIpc) is 2.45. The quantitative estimate of drug-likeness (QED) is 0.608. The molecule has 0 bridgehead atoms. The Bertz CT molecular complexity index is 554. The molecule has 0 aliphatic carbocycles. The Labute approximate surface area is 130 Å². The van der Waals surface area contributed by atoms with Crippen molar-refractivity contribution >= 4 is 37.0 Å². The molecule has 4 heteroatoms. The van der Waals surface area contributed by atoms with E-state index in [0.717, 1.165) is 10.9 Å². The summed E-state index contributed by atoms with van der Waals surface area (Å²) < 4.78 is 6.73. The van der Waals surface area contributed by atoms with E-state index in [1.165, 1.54) is 11.4 Å². The van der Waals surface area contributed by atoms with Gasteiger partial charge in [0.2, 0.25) is 0 Å². The first-order chi connectivity index (χ1) is 9.65. The van der Waals surface area contributed by atoms with Crippen molar-refractivity contribution in [1.29, 1.82) is 0 Å². The van der Waals surface area contributed by atoms with Gasteiger partial charge in [0, 0.05) is 0 Å². The molecule has 1 unspecified atom stereocenters. The van der Waals surface area contributed by atoms with E-state index in [9.17, 15) is 4.79 Å². The summed E-state index contributed by atoms with van der Waals surface area (Å²) in [6.45, 7) is 1.44. The summed E-state index contributed by atoms with van der Waals surface area (Å²) in [4.78, 5) is 11.3. The van der Waals surface area contributed by atoms with E-state index in [1.54, 1.807) is 0 Å². The van der Waals surface area contributed by atoms with Crippen molar-refractivity contribution in [3.8, 4) is 0 Å². The van der Waals surface area contributed by atoms with Crippen molar-refractivity contribution in [3.63, 3.8) is 0 Å². The first kappa shape index (κ1) is 15.1. The van der Waals surface area contributed by atoms with Crippen LogP contribution in [0.15, 0.2) is 54.6 Å². The Morgan fingerprint density at radius 2 is 1.80 bits per heavy atom. The normalized spacial score (nSPS) is 11.9. The van der Waals surface area contributed by atoms with Gasteiger partial charge >= 0.3 is 130 Å². The molecule has 2 nitrogen and oxygen atoms in total. The van der Waals surface area contributed by atoms with Crippen molar-refractivity contribution < 1.29 is 9.53 Å². The van der Waals surface area contributed by atoms with Crippen LogP contribution in [0.4, 0.5) is 0 Å². The molecule has 0 fully saturated rings. The molecule has 0 N–H and O–H groups in total. The second-order valence-electron chi connectivity index (χ2n) is 4.27. The molecule has 0 heterocycles. The van der Waals surface area contributed by atoms with Crippen LogP contribution in [0, 0.1) is 0 Å². The van der Waals surface area contributed by atoms with E-state index in [1.807, 2.05) is 42.5 Å². The van der Waals surface area contributed by atoms with E-state index in [-0.39, 0.29) is 27.0 Å². The van der Waals surface area contributed by atoms with Gasteiger partial charge in [-0.25, -0.2) is 0 Å².